The van der Waals surface area contributed by atoms with E-state index in [2.05, 4.69) is 31.2 Å². The average molecular weight is 457 g/mol. The molecule has 28 heavy (non-hydrogen) atoms. The molecule has 1 saturated carbocycles. The number of nitrogens with one attached hydrogen (secondary N) is 1. The van der Waals surface area contributed by atoms with Crippen molar-refractivity contribution in [2.24, 2.45) is 5.92 Å². The van der Waals surface area contributed by atoms with E-state index in [1.807, 2.05) is 0 Å². The summed E-state index contributed by atoms with van der Waals surface area (Å²) in [7, 11) is 0. The van der Waals surface area contributed by atoms with Crippen molar-refractivity contribution in [2.45, 2.75) is 19.3 Å². The molecule has 1 atom stereocenters. The number of rotatable bonds is 6. The Bertz CT molecular complexity index is 908. The quantitative estimate of drug-likeness (QED) is 0.722. The largest absolute Gasteiger partial charge is 0.329 e. The molecule has 1 aliphatic rings. The van der Waals surface area contributed by atoms with Crippen LogP contribution in [0.2, 0.25) is 0 Å². The third-order valence-corrected chi connectivity index (χ3v) is 4.86. The first kappa shape index (κ1) is 20.2. The van der Waals surface area contributed by atoms with Crippen molar-refractivity contribution in [3.8, 4) is 0 Å². The molecule has 2 aromatic rings. The van der Waals surface area contributed by atoms with Gasteiger partial charge in [0.2, 0.25) is 11.9 Å². The maximum absolute atomic E-state index is 13.8. The Hall–Kier alpha value is -2.49. The lowest BCUT2D eigenvalue weighted by Gasteiger charge is -2.22. The van der Waals surface area contributed by atoms with Gasteiger partial charge in [0.05, 0.1) is 4.47 Å². The topological polar surface area (TPSA) is 75.2 Å². The van der Waals surface area contributed by atoms with Crippen molar-refractivity contribution in [3.63, 3.8) is 0 Å². The van der Waals surface area contributed by atoms with Crippen LogP contribution in [0.3, 0.4) is 0 Å². The number of hydrogen-bond donors (Lipinski definition) is 1. The van der Waals surface area contributed by atoms with Crippen LogP contribution in [0.5, 0.6) is 0 Å². The van der Waals surface area contributed by atoms with Gasteiger partial charge in [-0.3, -0.25) is 14.9 Å². The van der Waals surface area contributed by atoms with Crippen molar-refractivity contribution in [3.05, 3.63) is 52.0 Å². The Morgan fingerprint density at radius 1 is 1.32 bits per heavy atom. The van der Waals surface area contributed by atoms with Gasteiger partial charge in [0.25, 0.3) is 11.8 Å². The summed E-state index contributed by atoms with van der Waals surface area (Å²) in [6, 6.07) is 3.69. The van der Waals surface area contributed by atoms with Crippen molar-refractivity contribution in [2.75, 3.05) is 18.4 Å². The number of hydrogen-bond acceptors (Lipinski definition) is 4. The van der Waals surface area contributed by atoms with Crippen molar-refractivity contribution < 1.29 is 22.8 Å². The van der Waals surface area contributed by atoms with Crippen LogP contribution in [0.4, 0.5) is 19.1 Å². The Morgan fingerprint density at radius 3 is 2.54 bits per heavy atom. The molecule has 1 aromatic carbocycles. The van der Waals surface area contributed by atoms with E-state index in [1.54, 1.807) is 6.92 Å². The van der Waals surface area contributed by atoms with E-state index in [1.165, 1.54) is 24.5 Å². The molecule has 148 valence electrons. The second-order valence-corrected chi connectivity index (χ2v) is 7.46. The summed E-state index contributed by atoms with van der Waals surface area (Å²) >= 11 is 2.99. The van der Waals surface area contributed by atoms with E-state index in [-0.39, 0.29) is 29.0 Å². The molecule has 1 unspecified atom stereocenters. The number of aromatic nitrogens is 2. The fourth-order valence-corrected chi connectivity index (χ4v) is 2.81. The smallest absolute Gasteiger partial charge is 0.254 e. The molecule has 0 spiro atoms. The molecule has 1 N–H and O–H groups in total. The van der Waals surface area contributed by atoms with Gasteiger partial charge in [0.15, 0.2) is 0 Å². The number of carbonyl (C=O) groups is 2. The highest BCUT2D eigenvalue weighted by molar-refractivity contribution is 9.10. The van der Waals surface area contributed by atoms with E-state index in [0.29, 0.717) is 0 Å². The van der Waals surface area contributed by atoms with E-state index < -0.39 is 36.0 Å². The molecular formula is C18H16BrF3N4O2. The molecule has 0 aliphatic heterocycles. The minimum atomic E-state index is -2.86. The monoisotopic (exact) mass is 456 g/mol. The fraction of sp³-hybridized carbons (Fsp3) is 0.333. The highest BCUT2D eigenvalue weighted by atomic mass is 79.9. The lowest BCUT2D eigenvalue weighted by atomic mass is 10.2. The van der Waals surface area contributed by atoms with Gasteiger partial charge in [-0.25, -0.2) is 23.1 Å². The second kappa shape index (κ2) is 7.86. The average Bonchev–Trinajstić information content (AvgIpc) is 3.24. The number of carbonyl (C=O) groups excluding carboxylic acids is 2. The molecule has 1 heterocycles. The van der Waals surface area contributed by atoms with Crippen LogP contribution < -0.4 is 5.32 Å². The van der Waals surface area contributed by atoms with Crippen LogP contribution in [0, 0.1) is 18.7 Å². The predicted octanol–water partition coefficient (Wildman–Crippen LogP) is 3.42. The Kier molecular flexibility index (Phi) is 5.69. The molecule has 0 bridgehead atoms. The first-order valence-electron chi connectivity index (χ1n) is 8.36. The standard InChI is InChI=1S/C18H16BrF3N4O2/c1-10-6-23-17(24-7-10)25-15(27)9-26(8-12-5-18(12,21)22)16(28)11-2-3-13(19)14(20)4-11/h2-4,6-7,12H,5,8-9H2,1H3,(H,23,24,25,27). The lowest BCUT2D eigenvalue weighted by Crippen LogP contribution is -2.40. The highest BCUT2D eigenvalue weighted by Crippen LogP contribution is 2.48. The molecule has 6 nitrogen and oxygen atoms in total. The van der Waals surface area contributed by atoms with Gasteiger partial charge in [-0.2, -0.15) is 0 Å². The van der Waals surface area contributed by atoms with Gasteiger partial charge >= 0.3 is 0 Å². The first-order valence-corrected chi connectivity index (χ1v) is 9.15. The van der Waals surface area contributed by atoms with E-state index >= 15 is 0 Å². The summed E-state index contributed by atoms with van der Waals surface area (Å²) in [6.07, 6.45) is 2.65. The maximum Gasteiger partial charge on any atom is 0.254 e. The van der Waals surface area contributed by atoms with E-state index in [9.17, 15) is 22.8 Å². The summed E-state index contributed by atoms with van der Waals surface area (Å²) in [6.45, 7) is 0.977. The zero-order valence-corrected chi connectivity index (χ0v) is 16.3. The van der Waals surface area contributed by atoms with Gasteiger partial charge < -0.3 is 4.90 Å². The van der Waals surface area contributed by atoms with Crippen LogP contribution in [0.15, 0.2) is 35.1 Å². The Balaban J connectivity index is 1.74. The number of alkyl halides is 2. The van der Waals surface area contributed by atoms with Crippen LogP contribution in [-0.2, 0) is 4.79 Å². The molecule has 3 rings (SSSR count). The molecule has 1 aliphatic carbocycles. The number of aryl methyl sites for hydroxylation is 1. The van der Waals surface area contributed by atoms with Crippen molar-refractivity contribution >= 4 is 33.7 Å². The van der Waals surface area contributed by atoms with E-state index in [4.69, 9.17) is 0 Å². The molecule has 1 fully saturated rings. The second-order valence-electron chi connectivity index (χ2n) is 6.61. The number of nitrogens with zero attached hydrogens (tertiary/aromatic N) is 3. The van der Waals surface area contributed by atoms with Crippen LogP contribution in [0.1, 0.15) is 22.3 Å². The third-order valence-electron chi connectivity index (χ3n) is 4.22. The van der Waals surface area contributed by atoms with Gasteiger partial charge in [-0.1, -0.05) is 0 Å². The minimum absolute atomic E-state index is 0.0365. The molecule has 10 heteroatoms. The number of amides is 2. The molecule has 0 radical (unpaired) electrons. The Labute approximate surface area is 167 Å². The summed E-state index contributed by atoms with van der Waals surface area (Å²) < 4.78 is 40.6. The van der Waals surface area contributed by atoms with Crippen molar-refractivity contribution in [1.29, 1.82) is 0 Å². The maximum atomic E-state index is 13.8. The predicted molar refractivity (Wildman–Crippen MR) is 98.5 cm³/mol. The first-order chi connectivity index (χ1) is 13.2. The van der Waals surface area contributed by atoms with Gasteiger partial charge in [0.1, 0.15) is 12.4 Å². The zero-order valence-electron chi connectivity index (χ0n) is 14.8. The normalized spacial score (nSPS) is 17.1. The number of anilines is 1. The van der Waals surface area contributed by atoms with Crippen LogP contribution in [-0.4, -0.2) is 45.7 Å². The minimum Gasteiger partial charge on any atom is -0.329 e. The number of benzene rings is 1. The SMILES string of the molecule is Cc1cnc(NC(=O)CN(CC2CC2(F)F)C(=O)c2ccc(Br)c(F)c2)nc1. The molecule has 0 saturated heterocycles. The van der Waals surface area contributed by atoms with Gasteiger partial charge in [-0.15, -0.1) is 0 Å². The Morgan fingerprint density at radius 2 is 1.96 bits per heavy atom. The zero-order chi connectivity index (χ0) is 20.5. The number of halogens is 4. The lowest BCUT2D eigenvalue weighted by molar-refractivity contribution is -0.117. The third kappa shape index (κ3) is 4.86. The summed E-state index contributed by atoms with van der Waals surface area (Å²) in [5, 5.41) is 2.42. The van der Waals surface area contributed by atoms with Crippen LogP contribution in [0.25, 0.3) is 0 Å². The molecular weight excluding hydrogens is 441 g/mol. The summed E-state index contributed by atoms with van der Waals surface area (Å²) in [5.74, 6) is -5.87. The van der Waals surface area contributed by atoms with Gasteiger partial charge in [0, 0.05) is 36.8 Å². The highest BCUT2D eigenvalue weighted by Gasteiger charge is 2.57. The van der Waals surface area contributed by atoms with Crippen LogP contribution >= 0.6 is 15.9 Å². The summed E-state index contributed by atoms with van der Waals surface area (Å²) in [5.41, 5.74) is 0.757. The van der Waals surface area contributed by atoms with Gasteiger partial charge in [-0.05, 0) is 46.6 Å². The van der Waals surface area contributed by atoms with E-state index in [0.717, 1.165) is 16.5 Å². The molecule has 2 amide bonds. The summed E-state index contributed by atoms with van der Waals surface area (Å²) in [4.78, 5) is 33.8. The molecule has 1 aromatic heterocycles. The fourth-order valence-electron chi connectivity index (χ4n) is 2.56. The van der Waals surface area contributed by atoms with Crippen molar-refractivity contribution in [1.82, 2.24) is 14.9 Å².